The number of nitrogens with zero attached hydrogens (tertiary/aromatic N) is 3. The van der Waals surface area contributed by atoms with Crippen LogP contribution in [0.2, 0.25) is 5.02 Å². The number of rotatable bonds is 4. The Hall–Kier alpha value is -2.71. The predicted octanol–water partition coefficient (Wildman–Crippen LogP) is 2.22. The summed E-state index contributed by atoms with van der Waals surface area (Å²) in [7, 11) is 0. The molecule has 0 unspecified atom stereocenters. The van der Waals surface area contributed by atoms with Gasteiger partial charge in [-0.25, -0.2) is 13.9 Å². The number of benzene rings is 1. The van der Waals surface area contributed by atoms with Crippen LogP contribution in [0.3, 0.4) is 0 Å². The van der Waals surface area contributed by atoms with Gasteiger partial charge in [-0.05, 0) is 12.1 Å². The largest absolute Gasteiger partial charge is 0.511 e. The number of aromatic nitrogens is 3. The number of fused-ring (bicyclic) bond motifs is 1. The molecule has 2 heterocycles. The predicted molar refractivity (Wildman–Crippen MR) is 95.0 cm³/mol. The summed E-state index contributed by atoms with van der Waals surface area (Å²) in [6, 6.07) is 5.21. The molecule has 3 rings (SSSR count). The van der Waals surface area contributed by atoms with Crippen molar-refractivity contribution in [3.05, 3.63) is 56.9 Å². The fourth-order valence-corrected chi connectivity index (χ4v) is 2.56. The molecule has 0 saturated carbocycles. The molecule has 136 valence electrons. The number of pyridine rings is 1. The van der Waals surface area contributed by atoms with Gasteiger partial charge in [0.15, 0.2) is 11.1 Å². The molecule has 1 aromatic carbocycles. The average molecular weight is 400 g/mol. The van der Waals surface area contributed by atoms with Crippen molar-refractivity contribution in [1.82, 2.24) is 14.6 Å². The van der Waals surface area contributed by atoms with Crippen LogP contribution in [0.15, 0.2) is 35.4 Å². The maximum absolute atomic E-state index is 13.7. The first-order chi connectivity index (χ1) is 11.9. The van der Waals surface area contributed by atoms with E-state index < -0.39 is 17.2 Å². The van der Waals surface area contributed by atoms with E-state index in [1.807, 2.05) is 0 Å². The number of carbonyl (C=O) groups is 1. The minimum atomic E-state index is -1.11. The highest BCUT2D eigenvalue weighted by molar-refractivity contribution is 6.30. The number of hydrogen-bond donors (Lipinski definition) is 2. The lowest BCUT2D eigenvalue weighted by atomic mass is 10.1. The zero-order chi connectivity index (χ0) is 18.1. The van der Waals surface area contributed by atoms with Crippen LogP contribution >= 0.6 is 24.0 Å². The summed E-state index contributed by atoms with van der Waals surface area (Å²) in [5.74, 6) is -2.15. The molecule has 2 N–H and O–H groups in total. The first kappa shape index (κ1) is 19.6. The SMILES string of the molecule is Cl.O=C(O)CCC(O)=c1c(=O)cc(-c2ccc(Cl)c(F)c2)n2ncnc12. The molecule has 0 spiro atoms. The van der Waals surface area contributed by atoms with Gasteiger partial charge in [0, 0.05) is 18.1 Å². The lowest BCUT2D eigenvalue weighted by Crippen LogP contribution is -2.30. The molecule has 2 aromatic heterocycles. The summed E-state index contributed by atoms with van der Waals surface area (Å²) in [5, 5.41) is 22.6. The molecule has 0 aliphatic carbocycles. The molecular weight excluding hydrogens is 388 g/mol. The van der Waals surface area contributed by atoms with E-state index in [4.69, 9.17) is 16.7 Å². The van der Waals surface area contributed by atoms with Crippen molar-refractivity contribution in [2.75, 3.05) is 0 Å². The molecule has 10 heteroatoms. The fourth-order valence-electron chi connectivity index (χ4n) is 2.44. The van der Waals surface area contributed by atoms with E-state index in [1.165, 1.54) is 29.0 Å². The van der Waals surface area contributed by atoms with Crippen LogP contribution in [-0.4, -0.2) is 30.8 Å². The number of aliphatic hydroxyl groups is 1. The molecule has 0 aliphatic rings. The Morgan fingerprint density at radius 2 is 1.96 bits per heavy atom. The van der Waals surface area contributed by atoms with Crippen LogP contribution in [0, 0.1) is 5.82 Å². The maximum Gasteiger partial charge on any atom is 0.303 e. The molecule has 0 amide bonds. The van der Waals surface area contributed by atoms with E-state index in [0.29, 0.717) is 5.56 Å². The summed E-state index contributed by atoms with van der Waals surface area (Å²) in [6.45, 7) is 0. The quantitative estimate of drug-likeness (QED) is 0.696. The molecule has 0 atom stereocenters. The monoisotopic (exact) mass is 399 g/mol. The van der Waals surface area contributed by atoms with E-state index in [2.05, 4.69) is 10.1 Å². The summed E-state index contributed by atoms with van der Waals surface area (Å²) >= 11 is 5.67. The van der Waals surface area contributed by atoms with E-state index in [-0.39, 0.29) is 52.6 Å². The van der Waals surface area contributed by atoms with Gasteiger partial charge in [0.2, 0.25) is 0 Å². The summed E-state index contributed by atoms with van der Waals surface area (Å²) in [6.07, 6.45) is 0.621. The Bertz CT molecular complexity index is 1100. The highest BCUT2D eigenvalue weighted by Gasteiger charge is 2.14. The Kier molecular flexibility index (Phi) is 5.79. The van der Waals surface area contributed by atoms with E-state index in [9.17, 15) is 19.1 Å². The topological polar surface area (TPSA) is 105 Å². The van der Waals surface area contributed by atoms with Crippen molar-refractivity contribution in [3.63, 3.8) is 0 Å². The fraction of sp³-hybridized carbons (Fsp3) is 0.125. The third-order valence-electron chi connectivity index (χ3n) is 3.59. The first-order valence-corrected chi connectivity index (χ1v) is 7.52. The van der Waals surface area contributed by atoms with Gasteiger partial charge in [-0.15, -0.1) is 12.4 Å². The van der Waals surface area contributed by atoms with Crippen LogP contribution in [0.5, 0.6) is 0 Å². The minimum Gasteiger partial charge on any atom is -0.511 e. The van der Waals surface area contributed by atoms with Crippen molar-refractivity contribution in [1.29, 1.82) is 0 Å². The smallest absolute Gasteiger partial charge is 0.303 e. The Balaban J connectivity index is 0.00000243. The third-order valence-corrected chi connectivity index (χ3v) is 3.90. The molecule has 0 radical (unpaired) electrons. The van der Waals surface area contributed by atoms with Gasteiger partial charge in [-0.1, -0.05) is 17.7 Å². The molecule has 0 saturated heterocycles. The second-order valence-corrected chi connectivity index (χ2v) is 5.64. The normalized spacial score (nSPS) is 11.9. The standard InChI is InChI=1S/C16H11ClFN3O4.ClH/c17-9-2-1-8(5-10(9)18)11-6-13(23)15(12(22)3-4-14(24)25)16-19-7-20-21(11)16;/h1-2,5-7,22H,3-4H2,(H,24,25);1H. The zero-order valence-corrected chi connectivity index (χ0v) is 14.6. The van der Waals surface area contributed by atoms with Gasteiger partial charge in [-0.2, -0.15) is 5.10 Å². The second kappa shape index (κ2) is 7.67. The average Bonchev–Trinajstić information content (AvgIpc) is 3.03. The highest BCUT2D eigenvalue weighted by Crippen LogP contribution is 2.23. The van der Waals surface area contributed by atoms with Gasteiger partial charge < -0.3 is 10.2 Å². The lowest BCUT2D eigenvalue weighted by Gasteiger charge is -2.06. The van der Waals surface area contributed by atoms with Gasteiger partial charge in [0.1, 0.15) is 23.1 Å². The number of hydrogen-bond acceptors (Lipinski definition) is 5. The molecule has 7 nitrogen and oxygen atoms in total. The lowest BCUT2D eigenvalue weighted by molar-refractivity contribution is -0.136. The zero-order valence-electron chi connectivity index (χ0n) is 13.0. The van der Waals surface area contributed by atoms with Gasteiger partial charge >= 0.3 is 5.97 Å². The van der Waals surface area contributed by atoms with E-state index >= 15 is 0 Å². The molecule has 0 bridgehead atoms. The van der Waals surface area contributed by atoms with Crippen molar-refractivity contribution < 1.29 is 19.4 Å². The Morgan fingerprint density at radius 3 is 2.62 bits per heavy atom. The summed E-state index contributed by atoms with van der Waals surface area (Å²) in [4.78, 5) is 27.0. The van der Waals surface area contributed by atoms with Crippen molar-refractivity contribution in [3.8, 4) is 11.3 Å². The second-order valence-electron chi connectivity index (χ2n) is 5.23. The van der Waals surface area contributed by atoms with Gasteiger partial charge in [0.25, 0.3) is 0 Å². The van der Waals surface area contributed by atoms with Gasteiger partial charge in [-0.3, -0.25) is 9.59 Å². The number of halogens is 3. The number of aliphatic hydroxyl groups excluding tert-OH is 1. The number of carboxylic acid groups (broad SMARTS) is 1. The van der Waals surface area contributed by atoms with Crippen LogP contribution < -0.4 is 10.6 Å². The van der Waals surface area contributed by atoms with Crippen LogP contribution in [0.25, 0.3) is 22.7 Å². The molecule has 0 aliphatic heterocycles. The molecular formula is C16H12Cl2FN3O4. The molecule has 3 aromatic rings. The van der Waals surface area contributed by atoms with Gasteiger partial charge in [0.05, 0.1) is 17.1 Å². The van der Waals surface area contributed by atoms with Crippen LogP contribution in [0.1, 0.15) is 12.8 Å². The number of aliphatic carboxylic acids is 1. The minimum absolute atomic E-state index is 0. The van der Waals surface area contributed by atoms with E-state index in [0.717, 1.165) is 6.07 Å². The van der Waals surface area contributed by atoms with Crippen molar-refractivity contribution in [2.45, 2.75) is 12.8 Å². The Labute approximate surface area is 156 Å². The van der Waals surface area contributed by atoms with Crippen LogP contribution in [-0.2, 0) is 4.79 Å². The molecule has 26 heavy (non-hydrogen) atoms. The number of carboxylic acids is 1. The van der Waals surface area contributed by atoms with E-state index in [1.54, 1.807) is 0 Å². The first-order valence-electron chi connectivity index (χ1n) is 7.14. The Morgan fingerprint density at radius 1 is 1.23 bits per heavy atom. The van der Waals surface area contributed by atoms with Crippen LogP contribution in [0.4, 0.5) is 4.39 Å². The van der Waals surface area contributed by atoms with Crippen molar-refractivity contribution >= 4 is 41.4 Å². The van der Waals surface area contributed by atoms with Crippen molar-refractivity contribution in [2.24, 2.45) is 0 Å². The summed E-state index contributed by atoms with van der Waals surface area (Å²) in [5.41, 5.74) is 0.100. The molecule has 0 fully saturated rings. The highest BCUT2D eigenvalue weighted by atomic mass is 35.5. The maximum atomic E-state index is 13.7. The summed E-state index contributed by atoms with van der Waals surface area (Å²) < 4.78 is 15.0. The third kappa shape index (κ3) is 3.61.